The number of rotatable bonds is 8. The van der Waals surface area contributed by atoms with Crippen LogP contribution in [0, 0.1) is 10.1 Å². The fourth-order valence-electron chi connectivity index (χ4n) is 2.81. The summed E-state index contributed by atoms with van der Waals surface area (Å²) in [7, 11) is 4.02. The highest BCUT2D eigenvalue weighted by atomic mass is 16.6. The molecule has 0 atom stereocenters. The summed E-state index contributed by atoms with van der Waals surface area (Å²) in [5.74, 6) is 0.557. The molecule has 0 saturated carbocycles. The highest BCUT2D eigenvalue weighted by Gasteiger charge is 2.29. The van der Waals surface area contributed by atoms with Gasteiger partial charge in [0.2, 0.25) is 17.6 Å². The van der Waals surface area contributed by atoms with Crippen LogP contribution in [-0.4, -0.2) is 84.6 Å². The summed E-state index contributed by atoms with van der Waals surface area (Å²) >= 11 is 0. The number of piperazine rings is 1. The number of nitro groups is 1. The van der Waals surface area contributed by atoms with E-state index in [-0.39, 0.29) is 11.5 Å². The van der Waals surface area contributed by atoms with Crippen LogP contribution in [0.2, 0.25) is 0 Å². The molecule has 0 aliphatic carbocycles. The molecule has 10 heteroatoms. The van der Waals surface area contributed by atoms with E-state index in [0.717, 1.165) is 32.6 Å². The van der Waals surface area contributed by atoms with Crippen molar-refractivity contribution >= 4 is 23.3 Å². The Hall–Kier alpha value is -2.20. The van der Waals surface area contributed by atoms with Crippen LogP contribution in [0.15, 0.2) is 0 Å². The van der Waals surface area contributed by atoms with Crippen molar-refractivity contribution in [2.24, 2.45) is 0 Å². The van der Waals surface area contributed by atoms with Gasteiger partial charge in [-0.25, -0.2) is 0 Å². The van der Waals surface area contributed by atoms with Gasteiger partial charge in [0.15, 0.2) is 0 Å². The number of nitrogens with zero attached hydrogens (tertiary/aromatic N) is 6. The van der Waals surface area contributed by atoms with E-state index < -0.39 is 4.92 Å². The van der Waals surface area contributed by atoms with Gasteiger partial charge in [0.25, 0.3) is 0 Å². The molecule has 2 rings (SSSR count). The number of aromatic nitrogens is 2. The number of likely N-dealkylation sites (N-methyl/N-ethyl adjacent to an activating group) is 1. The zero-order chi connectivity index (χ0) is 18.4. The zero-order valence-electron chi connectivity index (χ0n) is 15.2. The van der Waals surface area contributed by atoms with E-state index in [2.05, 4.69) is 32.0 Å². The molecule has 0 spiro atoms. The molecule has 140 valence electrons. The van der Waals surface area contributed by atoms with Crippen LogP contribution in [-0.2, 0) is 0 Å². The topological polar surface area (TPSA) is 117 Å². The number of hydrogen-bond acceptors (Lipinski definition) is 9. The van der Waals surface area contributed by atoms with Gasteiger partial charge in [-0.3, -0.25) is 10.1 Å². The summed E-state index contributed by atoms with van der Waals surface area (Å²) in [6.45, 7) is 7.76. The molecule has 0 bridgehead atoms. The van der Waals surface area contributed by atoms with Crippen molar-refractivity contribution in [2.45, 2.75) is 13.3 Å². The van der Waals surface area contributed by atoms with E-state index in [1.165, 1.54) is 0 Å². The molecule has 1 aromatic rings. The maximum Gasteiger partial charge on any atom is 0.353 e. The minimum absolute atomic E-state index is 0.0944. The van der Waals surface area contributed by atoms with Crippen LogP contribution in [0.25, 0.3) is 0 Å². The average Bonchev–Trinajstić information content (AvgIpc) is 2.57. The largest absolute Gasteiger partial charge is 0.378 e. The van der Waals surface area contributed by atoms with Crippen molar-refractivity contribution in [1.29, 1.82) is 0 Å². The first-order valence-electron chi connectivity index (χ1n) is 8.60. The van der Waals surface area contributed by atoms with Gasteiger partial charge >= 0.3 is 5.69 Å². The van der Waals surface area contributed by atoms with E-state index in [1.807, 2.05) is 19.0 Å². The Kier molecular flexibility index (Phi) is 6.71. The first-order chi connectivity index (χ1) is 11.9. The van der Waals surface area contributed by atoms with Crippen LogP contribution in [0.5, 0.6) is 0 Å². The molecule has 1 aliphatic heterocycles. The minimum Gasteiger partial charge on any atom is -0.378 e. The number of hydrogen-bond donors (Lipinski definition) is 2. The Morgan fingerprint density at radius 1 is 1.28 bits per heavy atom. The normalized spacial score (nSPS) is 15.6. The fraction of sp³-hybridized carbons (Fsp3) is 0.733. The van der Waals surface area contributed by atoms with Gasteiger partial charge in [-0.05, 0) is 33.6 Å². The lowest BCUT2D eigenvalue weighted by Crippen LogP contribution is -2.46. The van der Waals surface area contributed by atoms with Gasteiger partial charge in [0.1, 0.15) is 0 Å². The summed E-state index contributed by atoms with van der Waals surface area (Å²) in [6.07, 6.45) is 0.914. The second kappa shape index (κ2) is 8.77. The van der Waals surface area contributed by atoms with E-state index in [9.17, 15) is 10.1 Å². The Labute approximate surface area is 148 Å². The Morgan fingerprint density at radius 3 is 2.52 bits per heavy atom. The van der Waals surface area contributed by atoms with Crippen molar-refractivity contribution in [3.63, 3.8) is 0 Å². The van der Waals surface area contributed by atoms with Crippen molar-refractivity contribution in [3.8, 4) is 0 Å². The fourth-order valence-corrected chi connectivity index (χ4v) is 2.81. The van der Waals surface area contributed by atoms with Gasteiger partial charge in [0.05, 0.1) is 4.92 Å². The summed E-state index contributed by atoms with van der Waals surface area (Å²) < 4.78 is 0. The SMILES string of the molecule is CCN1CCN(c2nc(NCCCN(C)C)nc(N)c2[N+](=O)[O-])CC1. The van der Waals surface area contributed by atoms with E-state index in [4.69, 9.17) is 5.73 Å². The number of nitrogens with two attached hydrogens (primary N) is 1. The van der Waals surface area contributed by atoms with Crippen LogP contribution in [0.1, 0.15) is 13.3 Å². The summed E-state index contributed by atoms with van der Waals surface area (Å²) in [4.78, 5) is 25.7. The maximum absolute atomic E-state index is 11.4. The minimum atomic E-state index is -0.493. The molecule has 0 aromatic carbocycles. The highest BCUT2D eigenvalue weighted by Crippen LogP contribution is 2.32. The molecule has 1 aromatic heterocycles. The lowest BCUT2D eigenvalue weighted by Gasteiger charge is -2.34. The van der Waals surface area contributed by atoms with Crippen LogP contribution in [0.4, 0.5) is 23.3 Å². The third-order valence-corrected chi connectivity index (χ3v) is 4.26. The predicted octanol–water partition coefficient (Wildman–Crippen LogP) is 0.473. The average molecular weight is 352 g/mol. The predicted molar refractivity (Wildman–Crippen MR) is 99.1 cm³/mol. The van der Waals surface area contributed by atoms with Gasteiger partial charge in [-0.1, -0.05) is 6.92 Å². The van der Waals surface area contributed by atoms with E-state index >= 15 is 0 Å². The third kappa shape index (κ3) is 5.13. The lowest BCUT2D eigenvalue weighted by molar-refractivity contribution is -0.383. The van der Waals surface area contributed by atoms with Crippen LogP contribution < -0.4 is 16.0 Å². The first-order valence-corrected chi connectivity index (χ1v) is 8.60. The zero-order valence-corrected chi connectivity index (χ0v) is 15.2. The van der Waals surface area contributed by atoms with E-state index in [0.29, 0.717) is 31.4 Å². The third-order valence-electron chi connectivity index (χ3n) is 4.26. The Bertz CT molecular complexity index is 587. The number of nitrogen functional groups attached to an aromatic ring is 1. The molecule has 1 saturated heterocycles. The van der Waals surface area contributed by atoms with Gasteiger partial charge in [-0.2, -0.15) is 9.97 Å². The molecule has 0 unspecified atom stereocenters. The first kappa shape index (κ1) is 19.1. The van der Waals surface area contributed by atoms with Gasteiger partial charge in [-0.15, -0.1) is 0 Å². The Morgan fingerprint density at radius 2 is 1.96 bits per heavy atom. The molecule has 1 fully saturated rings. The lowest BCUT2D eigenvalue weighted by atomic mass is 10.3. The van der Waals surface area contributed by atoms with Crippen LogP contribution in [0.3, 0.4) is 0 Å². The standard InChI is InChI=1S/C15H28N8O2/c1-4-21-8-10-22(11-9-21)14-12(23(24)25)13(16)18-15(19-14)17-6-5-7-20(2)3/h4-11H2,1-3H3,(H3,16,17,18,19). The van der Waals surface area contributed by atoms with Crippen LogP contribution >= 0.6 is 0 Å². The molecule has 0 amide bonds. The monoisotopic (exact) mass is 352 g/mol. The highest BCUT2D eigenvalue weighted by molar-refractivity contribution is 5.71. The number of nitrogens with one attached hydrogen (secondary N) is 1. The van der Waals surface area contributed by atoms with Gasteiger partial charge < -0.3 is 25.8 Å². The van der Waals surface area contributed by atoms with Crippen molar-refractivity contribution in [2.75, 3.05) is 75.9 Å². The summed E-state index contributed by atoms with van der Waals surface area (Å²) in [5, 5.41) is 14.6. The second-order valence-corrected chi connectivity index (χ2v) is 6.37. The molecule has 2 heterocycles. The van der Waals surface area contributed by atoms with Gasteiger partial charge in [0, 0.05) is 32.7 Å². The molecule has 10 nitrogen and oxygen atoms in total. The number of anilines is 3. The molecule has 1 aliphatic rings. The smallest absolute Gasteiger partial charge is 0.353 e. The van der Waals surface area contributed by atoms with Crippen molar-refractivity contribution in [1.82, 2.24) is 19.8 Å². The van der Waals surface area contributed by atoms with Crippen molar-refractivity contribution in [3.05, 3.63) is 10.1 Å². The molecular weight excluding hydrogens is 324 g/mol. The molecule has 0 radical (unpaired) electrons. The quantitative estimate of drug-likeness (QED) is 0.391. The molecule has 25 heavy (non-hydrogen) atoms. The van der Waals surface area contributed by atoms with Crippen molar-refractivity contribution < 1.29 is 4.92 Å². The maximum atomic E-state index is 11.4. The van der Waals surface area contributed by atoms with E-state index in [1.54, 1.807) is 0 Å². The second-order valence-electron chi connectivity index (χ2n) is 6.37. The summed E-state index contributed by atoms with van der Waals surface area (Å²) in [6, 6.07) is 0. The summed E-state index contributed by atoms with van der Waals surface area (Å²) in [5.41, 5.74) is 5.65. The molecule has 3 N–H and O–H groups in total. The Balaban J connectivity index is 2.16. The molecular formula is C15H28N8O2.